The molecule has 1 aromatic carbocycles. The average Bonchev–Trinajstić information content (AvgIpc) is 2.89. The fourth-order valence-corrected chi connectivity index (χ4v) is 3.44. The number of amides is 2. The molecule has 0 bridgehead atoms. The van der Waals surface area contributed by atoms with Crippen LogP contribution in [0.1, 0.15) is 27.1 Å². The maximum absolute atomic E-state index is 12.7. The summed E-state index contributed by atoms with van der Waals surface area (Å²) < 4.78 is 6.31. The quantitative estimate of drug-likeness (QED) is 0.791. The van der Waals surface area contributed by atoms with Crippen molar-refractivity contribution >= 4 is 33.7 Å². The summed E-state index contributed by atoms with van der Waals surface area (Å²) in [6, 6.07) is 6.33. The Labute approximate surface area is 152 Å². The second kappa shape index (κ2) is 6.53. The summed E-state index contributed by atoms with van der Waals surface area (Å²) in [5.74, 6) is -0.0765. The molecule has 0 spiro atoms. The van der Waals surface area contributed by atoms with E-state index in [1.165, 1.54) is 4.90 Å². The molecule has 2 aliphatic heterocycles. The van der Waals surface area contributed by atoms with Crippen LogP contribution >= 0.6 is 15.9 Å². The molecule has 0 radical (unpaired) electrons. The Hall–Kier alpha value is -2.32. The molecular weight excluding hydrogens is 388 g/mol. The van der Waals surface area contributed by atoms with Crippen LogP contribution in [0.4, 0.5) is 5.95 Å². The highest BCUT2D eigenvalue weighted by Crippen LogP contribution is 2.29. The van der Waals surface area contributed by atoms with Crippen LogP contribution in [-0.2, 0) is 4.74 Å². The zero-order valence-corrected chi connectivity index (χ0v) is 14.8. The number of carbonyl (C=O) groups excluding carboxylic acids is 2. The van der Waals surface area contributed by atoms with Crippen LogP contribution in [0.25, 0.3) is 0 Å². The lowest BCUT2D eigenvalue weighted by atomic mass is 10.0. The third-order valence-corrected chi connectivity index (χ3v) is 4.82. The topological polar surface area (TPSA) is 84.4 Å². The van der Waals surface area contributed by atoms with Crippen molar-refractivity contribution in [1.29, 1.82) is 0 Å². The van der Waals surface area contributed by atoms with Crippen molar-refractivity contribution in [3.05, 3.63) is 52.3 Å². The SMILES string of the molecule is O=C1c2ccccc2C(=O)N1[C@H]1CCOC[C@H]1Nc1ncc(Br)cn1. The minimum absolute atomic E-state index is 0.254. The standard InChI is InChI=1S/C17H15BrN4O3/c18-10-7-19-17(20-8-10)21-13-9-25-6-5-14(13)22-15(23)11-3-1-2-4-12(11)16(22)24/h1-4,7-8,13-14H,5-6,9H2,(H,19,20,21)/t13-,14+/m1/s1. The number of rotatable bonds is 3. The number of ether oxygens (including phenoxy) is 1. The monoisotopic (exact) mass is 402 g/mol. The highest BCUT2D eigenvalue weighted by atomic mass is 79.9. The first-order chi connectivity index (χ1) is 12.1. The van der Waals surface area contributed by atoms with Crippen molar-refractivity contribution in [1.82, 2.24) is 14.9 Å². The number of aromatic nitrogens is 2. The Morgan fingerprint density at radius 1 is 1.12 bits per heavy atom. The number of nitrogens with one attached hydrogen (secondary N) is 1. The van der Waals surface area contributed by atoms with Crippen molar-refractivity contribution < 1.29 is 14.3 Å². The van der Waals surface area contributed by atoms with E-state index in [1.807, 2.05) is 0 Å². The lowest BCUT2D eigenvalue weighted by Gasteiger charge is -2.36. The van der Waals surface area contributed by atoms with E-state index in [1.54, 1.807) is 36.7 Å². The van der Waals surface area contributed by atoms with Crippen LogP contribution in [-0.4, -0.2) is 52.0 Å². The Kier molecular flexibility index (Phi) is 4.22. The highest BCUT2D eigenvalue weighted by Gasteiger charge is 2.43. The summed E-state index contributed by atoms with van der Waals surface area (Å²) in [5.41, 5.74) is 0.912. The molecule has 8 heteroatoms. The van der Waals surface area contributed by atoms with Gasteiger partial charge in [0.1, 0.15) is 0 Å². The molecule has 3 heterocycles. The minimum Gasteiger partial charge on any atom is -0.379 e. The smallest absolute Gasteiger partial charge is 0.261 e. The summed E-state index contributed by atoms with van der Waals surface area (Å²) in [7, 11) is 0. The van der Waals surface area contributed by atoms with Crippen molar-refractivity contribution in [2.45, 2.75) is 18.5 Å². The van der Waals surface area contributed by atoms with Gasteiger partial charge in [0.15, 0.2) is 0 Å². The Morgan fingerprint density at radius 2 is 1.76 bits per heavy atom. The normalized spacial score (nSPS) is 22.8. The van der Waals surface area contributed by atoms with Crippen molar-refractivity contribution in [2.24, 2.45) is 0 Å². The number of carbonyl (C=O) groups is 2. The van der Waals surface area contributed by atoms with E-state index in [-0.39, 0.29) is 23.9 Å². The van der Waals surface area contributed by atoms with E-state index in [4.69, 9.17) is 4.74 Å². The van der Waals surface area contributed by atoms with Crippen LogP contribution in [0.3, 0.4) is 0 Å². The van der Waals surface area contributed by atoms with Gasteiger partial charge < -0.3 is 10.1 Å². The second-order valence-electron chi connectivity index (χ2n) is 5.93. The fraction of sp³-hybridized carbons (Fsp3) is 0.294. The molecule has 2 amide bonds. The summed E-state index contributed by atoms with van der Waals surface area (Å²) in [6.07, 6.45) is 3.84. The maximum Gasteiger partial charge on any atom is 0.261 e. The molecule has 1 N–H and O–H groups in total. The Morgan fingerprint density at radius 3 is 2.40 bits per heavy atom. The van der Waals surface area contributed by atoms with Gasteiger partial charge in [-0.25, -0.2) is 9.97 Å². The first kappa shape index (κ1) is 16.2. The van der Waals surface area contributed by atoms with E-state index in [2.05, 4.69) is 31.2 Å². The summed E-state index contributed by atoms with van der Waals surface area (Å²) in [5, 5.41) is 3.19. The summed E-state index contributed by atoms with van der Waals surface area (Å²) >= 11 is 3.29. The average molecular weight is 403 g/mol. The van der Waals surface area contributed by atoms with Gasteiger partial charge in [-0.05, 0) is 34.5 Å². The van der Waals surface area contributed by atoms with Gasteiger partial charge in [-0.3, -0.25) is 14.5 Å². The molecule has 1 fully saturated rings. The lowest BCUT2D eigenvalue weighted by molar-refractivity contribution is 0.0233. The van der Waals surface area contributed by atoms with Crippen molar-refractivity contribution in [2.75, 3.05) is 18.5 Å². The molecule has 0 unspecified atom stereocenters. The molecule has 2 aromatic rings. The van der Waals surface area contributed by atoms with Gasteiger partial charge in [0.2, 0.25) is 5.95 Å². The van der Waals surface area contributed by atoms with Crippen LogP contribution in [0, 0.1) is 0 Å². The Bertz CT molecular complexity index is 792. The molecule has 0 saturated carbocycles. The molecule has 2 aliphatic rings. The predicted molar refractivity (Wildman–Crippen MR) is 93.3 cm³/mol. The number of anilines is 1. The molecule has 128 valence electrons. The van der Waals surface area contributed by atoms with Gasteiger partial charge >= 0.3 is 0 Å². The van der Waals surface area contributed by atoms with Gasteiger partial charge in [-0.1, -0.05) is 12.1 Å². The number of imide groups is 1. The zero-order valence-electron chi connectivity index (χ0n) is 13.2. The second-order valence-corrected chi connectivity index (χ2v) is 6.85. The Balaban J connectivity index is 1.60. The minimum atomic E-state index is -0.312. The van der Waals surface area contributed by atoms with E-state index in [9.17, 15) is 9.59 Å². The van der Waals surface area contributed by atoms with E-state index in [0.29, 0.717) is 36.7 Å². The van der Waals surface area contributed by atoms with Gasteiger partial charge in [-0.15, -0.1) is 0 Å². The van der Waals surface area contributed by atoms with Crippen LogP contribution < -0.4 is 5.32 Å². The van der Waals surface area contributed by atoms with Crippen molar-refractivity contribution in [3.63, 3.8) is 0 Å². The fourth-order valence-electron chi connectivity index (χ4n) is 3.24. The van der Waals surface area contributed by atoms with Crippen LogP contribution in [0.5, 0.6) is 0 Å². The number of nitrogens with zero attached hydrogens (tertiary/aromatic N) is 3. The van der Waals surface area contributed by atoms with Gasteiger partial charge in [-0.2, -0.15) is 0 Å². The van der Waals surface area contributed by atoms with Crippen LogP contribution in [0.15, 0.2) is 41.1 Å². The highest BCUT2D eigenvalue weighted by molar-refractivity contribution is 9.10. The van der Waals surface area contributed by atoms with E-state index in [0.717, 1.165) is 4.47 Å². The van der Waals surface area contributed by atoms with Gasteiger partial charge in [0.05, 0.1) is 34.3 Å². The molecule has 1 saturated heterocycles. The molecule has 2 atom stereocenters. The number of fused-ring (bicyclic) bond motifs is 1. The number of benzene rings is 1. The molecule has 4 rings (SSSR count). The maximum atomic E-state index is 12.7. The first-order valence-corrected chi connectivity index (χ1v) is 8.73. The molecule has 7 nitrogen and oxygen atoms in total. The summed E-state index contributed by atoms with van der Waals surface area (Å²) in [6.45, 7) is 0.870. The molecular formula is C17H15BrN4O3. The zero-order chi connectivity index (χ0) is 17.4. The van der Waals surface area contributed by atoms with Gasteiger partial charge in [0, 0.05) is 19.0 Å². The van der Waals surface area contributed by atoms with Crippen LogP contribution in [0.2, 0.25) is 0 Å². The van der Waals surface area contributed by atoms with E-state index < -0.39 is 0 Å². The third-order valence-electron chi connectivity index (χ3n) is 4.41. The largest absolute Gasteiger partial charge is 0.379 e. The molecule has 0 aliphatic carbocycles. The number of halogens is 1. The number of hydrogen-bond acceptors (Lipinski definition) is 6. The summed E-state index contributed by atoms with van der Waals surface area (Å²) in [4.78, 5) is 35.2. The van der Waals surface area contributed by atoms with E-state index >= 15 is 0 Å². The molecule has 1 aromatic heterocycles. The van der Waals surface area contributed by atoms with Crippen molar-refractivity contribution in [3.8, 4) is 0 Å². The predicted octanol–water partition coefficient (Wildman–Crippen LogP) is 2.10. The third kappa shape index (κ3) is 2.91. The van der Waals surface area contributed by atoms with Gasteiger partial charge in [0.25, 0.3) is 11.8 Å². The number of hydrogen-bond donors (Lipinski definition) is 1. The first-order valence-electron chi connectivity index (χ1n) is 7.94. The lowest BCUT2D eigenvalue weighted by Crippen LogP contribution is -2.54. The molecule has 25 heavy (non-hydrogen) atoms.